The highest BCUT2D eigenvalue weighted by atomic mass is 16.2. The quantitative estimate of drug-likeness (QED) is 0.727. The second-order valence-corrected chi connectivity index (χ2v) is 7.28. The van der Waals surface area contributed by atoms with Crippen LogP contribution >= 0.6 is 0 Å². The highest BCUT2D eigenvalue weighted by Crippen LogP contribution is 2.29. The van der Waals surface area contributed by atoms with Crippen LogP contribution in [-0.4, -0.2) is 28.1 Å². The van der Waals surface area contributed by atoms with Crippen LogP contribution in [0.15, 0.2) is 65.5 Å². The van der Waals surface area contributed by atoms with Crippen molar-refractivity contribution in [3.63, 3.8) is 0 Å². The lowest BCUT2D eigenvalue weighted by atomic mass is 10.1. The van der Waals surface area contributed by atoms with Crippen LogP contribution in [0.2, 0.25) is 0 Å². The Balaban J connectivity index is 1.76. The zero-order valence-corrected chi connectivity index (χ0v) is 16.8. The SMILES string of the molecule is CC(=O)Nc1cc(-c2ccccc2)nn(C(C)C(=O)N2CCc3ccccc32)c1=O. The van der Waals surface area contributed by atoms with Gasteiger partial charge in [0.25, 0.3) is 11.5 Å². The maximum Gasteiger partial charge on any atom is 0.291 e. The molecule has 1 aromatic heterocycles. The van der Waals surface area contributed by atoms with Crippen LogP contribution in [0.25, 0.3) is 11.3 Å². The van der Waals surface area contributed by atoms with Crippen LogP contribution in [0.3, 0.4) is 0 Å². The summed E-state index contributed by atoms with van der Waals surface area (Å²) in [4.78, 5) is 39.6. The predicted octanol–water partition coefficient (Wildman–Crippen LogP) is 3.02. The van der Waals surface area contributed by atoms with E-state index in [9.17, 15) is 14.4 Å². The van der Waals surface area contributed by atoms with E-state index < -0.39 is 11.6 Å². The topological polar surface area (TPSA) is 84.3 Å². The van der Waals surface area contributed by atoms with E-state index in [1.807, 2.05) is 54.6 Å². The summed E-state index contributed by atoms with van der Waals surface area (Å²) in [7, 11) is 0. The van der Waals surface area contributed by atoms with Crippen molar-refractivity contribution in [2.24, 2.45) is 0 Å². The number of hydrogen-bond acceptors (Lipinski definition) is 4. The van der Waals surface area contributed by atoms with E-state index in [4.69, 9.17) is 0 Å². The lowest BCUT2D eigenvalue weighted by Gasteiger charge is -2.23. The van der Waals surface area contributed by atoms with Crippen LogP contribution in [0.4, 0.5) is 11.4 Å². The zero-order chi connectivity index (χ0) is 21.3. The Morgan fingerprint density at radius 3 is 2.50 bits per heavy atom. The maximum atomic E-state index is 13.3. The van der Waals surface area contributed by atoms with Crippen molar-refractivity contribution < 1.29 is 9.59 Å². The Morgan fingerprint density at radius 2 is 1.77 bits per heavy atom. The standard InChI is InChI=1S/C23H22N4O3/c1-15(22(29)26-13-12-18-10-6-7-11-21(18)26)27-23(30)20(24-16(2)28)14-19(25-27)17-8-4-3-5-9-17/h3-11,14-15H,12-13H2,1-2H3,(H,24,28). The third kappa shape index (κ3) is 3.61. The molecule has 0 bridgehead atoms. The van der Waals surface area contributed by atoms with E-state index in [0.29, 0.717) is 12.2 Å². The molecule has 152 valence electrons. The van der Waals surface area contributed by atoms with Gasteiger partial charge in [0.1, 0.15) is 11.7 Å². The fourth-order valence-corrected chi connectivity index (χ4v) is 3.70. The van der Waals surface area contributed by atoms with Gasteiger partial charge >= 0.3 is 0 Å². The monoisotopic (exact) mass is 402 g/mol. The van der Waals surface area contributed by atoms with Gasteiger partial charge in [-0.25, -0.2) is 4.68 Å². The number of aromatic nitrogens is 2. The number of para-hydroxylation sites is 1. The van der Waals surface area contributed by atoms with E-state index >= 15 is 0 Å². The minimum Gasteiger partial charge on any atom is -0.322 e. The molecule has 1 atom stereocenters. The number of amides is 2. The molecule has 0 fully saturated rings. The molecule has 4 rings (SSSR count). The van der Waals surface area contributed by atoms with Crippen molar-refractivity contribution in [3.05, 3.63) is 76.6 Å². The molecule has 7 heteroatoms. The van der Waals surface area contributed by atoms with E-state index in [1.54, 1.807) is 11.8 Å². The second-order valence-electron chi connectivity index (χ2n) is 7.28. The van der Waals surface area contributed by atoms with Gasteiger partial charge in [0, 0.05) is 24.7 Å². The molecular formula is C23H22N4O3. The molecular weight excluding hydrogens is 380 g/mol. The molecule has 2 aromatic carbocycles. The van der Waals surface area contributed by atoms with Crippen LogP contribution in [0.1, 0.15) is 25.5 Å². The normalized spacial score (nSPS) is 13.6. The molecule has 1 aliphatic heterocycles. The summed E-state index contributed by atoms with van der Waals surface area (Å²) in [6.45, 7) is 3.56. The number of benzene rings is 2. The summed E-state index contributed by atoms with van der Waals surface area (Å²) in [6.07, 6.45) is 0.776. The molecule has 1 unspecified atom stereocenters. The Morgan fingerprint density at radius 1 is 1.07 bits per heavy atom. The van der Waals surface area contributed by atoms with Gasteiger partial charge in [-0.1, -0.05) is 48.5 Å². The molecule has 7 nitrogen and oxygen atoms in total. The first-order valence-corrected chi connectivity index (χ1v) is 9.82. The van der Waals surface area contributed by atoms with E-state index in [1.165, 1.54) is 13.0 Å². The summed E-state index contributed by atoms with van der Waals surface area (Å²) in [5, 5.41) is 7.03. The number of rotatable bonds is 4. The molecule has 0 spiro atoms. The molecule has 0 aliphatic carbocycles. The van der Waals surface area contributed by atoms with Crippen molar-refractivity contribution in [2.75, 3.05) is 16.8 Å². The fourth-order valence-electron chi connectivity index (χ4n) is 3.70. The van der Waals surface area contributed by atoms with E-state index in [-0.39, 0.29) is 17.5 Å². The number of nitrogens with one attached hydrogen (secondary N) is 1. The number of nitrogens with zero attached hydrogens (tertiary/aromatic N) is 3. The zero-order valence-electron chi connectivity index (χ0n) is 16.8. The Kier molecular flexibility index (Phi) is 5.18. The second kappa shape index (κ2) is 7.94. The summed E-state index contributed by atoms with van der Waals surface area (Å²) >= 11 is 0. The van der Waals surface area contributed by atoms with Crippen LogP contribution < -0.4 is 15.8 Å². The van der Waals surface area contributed by atoms with Gasteiger partial charge in [0.2, 0.25) is 5.91 Å². The molecule has 1 N–H and O–H groups in total. The minimum atomic E-state index is -0.833. The van der Waals surface area contributed by atoms with Crippen LogP contribution in [0, 0.1) is 0 Å². The molecule has 0 radical (unpaired) electrons. The summed E-state index contributed by atoms with van der Waals surface area (Å²) in [5.74, 6) is -0.579. The van der Waals surface area contributed by atoms with Gasteiger partial charge in [-0.05, 0) is 31.0 Å². The summed E-state index contributed by atoms with van der Waals surface area (Å²) < 4.78 is 1.16. The first-order valence-electron chi connectivity index (χ1n) is 9.82. The Bertz CT molecular complexity index is 1170. The van der Waals surface area contributed by atoms with Crippen molar-refractivity contribution >= 4 is 23.2 Å². The van der Waals surface area contributed by atoms with Crippen LogP contribution in [0.5, 0.6) is 0 Å². The molecule has 1 aliphatic rings. The summed E-state index contributed by atoms with van der Waals surface area (Å²) in [6, 6.07) is 17.8. The molecule has 0 saturated heterocycles. The van der Waals surface area contributed by atoms with Crippen molar-refractivity contribution in [1.29, 1.82) is 0 Å². The average Bonchev–Trinajstić information content (AvgIpc) is 3.18. The van der Waals surface area contributed by atoms with Gasteiger partial charge in [-0.15, -0.1) is 0 Å². The fraction of sp³-hybridized carbons (Fsp3) is 0.217. The highest BCUT2D eigenvalue weighted by molar-refractivity contribution is 5.98. The predicted molar refractivity (Wildman–Crippen MR) is 115 cm³/mol. The molecule has 2 heterocycles. The van der Waals surface area contributed by atoms with E-state index in [0.717, 1.165) is 27.9 Å². The lowest BCUT2D eigenvalue weighted by Crippen LogP contribution is -2.40. The molecule has 3 aromatic rings. The average molecular weight is 402 g/mol. The third-order valence-corrected chi connectivity index (χ3v) is 5.19. The molecule has 2 amide bonds. The van der Waals surface area contributed by atoms with Gasteiger partial charge in [0.05, 0.1) is 5.69 Å². The third-order valence-electron chi connectivity index (χ3n) is 5.19. The van der Waals surface area contributed by atoms with Gasteiger partial charge in [-0.2, -0.15) is 5.10 Å². The summed E-state index contributed by atoms with van der Waals surface area (Å²) in [5.41, 5.74) is 2.83. The molecule has 0 saturated carbocycles. The van der Waals surface area contributed by atoms with Crippen LogP contribution in [-0.2, 0) is 16.0 Å². The first-order chi connectivity index (χ1) is 14.5. The number of carbonyl (C=O) groups excluding carboxylic acids is 2. The highest BCUT2D eigenvalue weighted by Gasteiger charge is 2.30. The smallest absolute Gasteiger partial charge is 0.291 e. The first kappa shape index (κ1) is 19.6. The van der Waals surface area contributed by atoms with Crippen molar-refractivity contribution in [2.45, 2.75) is 26.3 Å². The number of anilines is 2. The van der Waals surface area contributed by atoms with Gasteiger partial charge < -0.3 is 10.2 Å². The number of hydrogen-bond donors (Lipinski definition) is 1. The Hall–Kier alpha value is -3.74. The number of fused-ring (bicyclic) bond motifs is 1. The minimum absolute atomic E-state index is 0.0952. The van der Waals surface area contributed by atoms with E-state index in [2.05, 4.69) is 10.4 Å². The molecule has 30 heavy (non-hydrogen) atoms. The maximum absolute atomic E-state index is 13.3. The van der Waals surface area contributed by atoms with Gasteiger partial charge in [-0.3, -0.25) is 14.4 Å². The number of carbonyl (C=O) groups is 2. The largest absolute Gasteiger partial charge is 0.322 e. The Labute approximate surface area is 174 Å². The van der Waals surface area contributed by atoms with Gasteiger partial charge in [0.15, 0.2) is 0 Å². The van der Waals surface area contributed by atoms with Crippen molar-refractivity contribution in [3.8, 4) is 11.3 Å². The van der Waals surface area contributed by atoms with Crippen molar-refractivity contribution in [1.82, 2.24) is 9.78 Å². The lowest BCUT2D eigenvalue weighted by molar-refractivity contribution is -0.121.